The lowest BCUT2D eigenvalue weighted by molar-refractivity contribution is -0.112. The highest BCUT2D eigenvalue weighted by molar-refractivity contribution is 6.02. The van der Waals surface area contributed by atoms with E-state index in [1.54, 1.807) is 6.92 Å². The number of nitrogens with one attached hydrogen (secondary N) is 1. The van der Waals surface area contributed by atoms with Crippen LogP contribution in [0.5, 0.6) is 0 Å². The minimum atomic E-state index is -0.146. The first-order valence-corrected chi connectivity index (χ1v) is 4.75. The molecule has 0 saturated carbocycles. The van der Waals surface area contributed by atoms with Gasteiger partial charge in [-0.05, 0) is 31.2 Å². The van der Waals surface area contributed by atoms with Gasteiger partial charge in [0.05, 0.1) is 0 Å². The Labute approximate surface area is 90.4 Å². The van der Waals surface area contributed by atoms with Crippen molar-refractivity contribution in [3.05, 3.63) is 36.4 Å². The van der Waals surface area contributed by atoms with E-state index < -0.39 is 0 Å². The van der Waals surface area contributed by atoms with Gasteiger partial charge in [0.15, 0.2) is 0 Å². The third kappa shape index (κ3) is 3.13. The van der Waals surface area contributed by atoms with Crippen molar-refractivity contribution >= 4 is 17.3 Å². The highest BCUT2D eigenvalue weighted by Gasteiger charge is 2.02. The molecule has 1 rings (SSSR count). The highest BCUT2D eigenvalue weighted by atomic mass is 16.1. The second kappa shape index (κ2) is 4.64. The Balaban J connectivity index is 2.73. The van der Waals surface area contributed by atoms with Gasteiger partial charge in [-0.1, -0.05) is 6.58 Å². The molecular formula is C12H16N2O. The number of amides is 1. The topological polar surface area (TPSA) is 32.3 Å². The molecule has 0 aromatic heterocycles. The zero-order chi connectivity index (χ0) is 11.4. The van der Waals surface area contributed by atoms with Gasteiger partial charge in [0.1, 0.15) is 0 Å². The van der Waals surface area contributed by atoms with Crippen LogP contribution >= 0.6 is 0 Å². The smallest absolute Gasteiger partial charge is 0.250 e. The van der Waals surface area contributed by atoms with Gasteiger partial charge in [0.25, 0.3) is 5.91 Å². The van der Waals surface area contributed by atoms with Crippen molar-refractivity contribution in [2.75, 3.05) is 24.3 Å². The van der Waals surface area contributed by atoms with E-state index in [-0.39, 0.29) is 5.91 Å². The zero-order valence-electron chi connectivity index (χ0n) is 9.37. The van der Waals surface area contributed by atoms with Crippen LogP contribution in [0.1, 0.15) is 6.92 Å². The van der Waals surface area contributed by atoms with E-state index in [9.17, 15) is 4.79 Å². The Kier molecular flexibility index (Phi) is 3.50. The number of hydrogen-bond acceptors (Lipinski definition) is 2. The molecule has 0 atom stereocenters. The number of rotatable bonds is 3. The molecule has 1 aromatic rings. The van der Waals surface area contributed by atoms with E-state index in [0.29, 0.717) is 5.57 Å². The number of anilines is 2. The van der Waals surface area contributed by atoms with Crippen LogP contribution < -0.4 is 10.2 Å². The fourth-order valence-electron chi connectivity index (χ4n) is 1.08. The number of carbonyl (C=O) groups excluding carboxylic acids is 1. The highest BCUT2D eigenvalue weighted by Crippen LogP contribution is 2.15. The first-order valence-electron chi connectivity index (χ1n) is 4.75. The van der Waals surface area contributed by atoms with Crippen molar-refractivity contribution in [3.63, 3.8) is 0 Å². The molecule has 0 aliphatic heterocycles. The average molecular weight is 204 g/mol. The van der Waals surface area contributed by atoms with Crippen molar-refractivity contribution < 1.29 is 4.79 Å². The molecule has 3 nitrogen and oxygen atoms in total. The van der Waals surface area contributed by atoms with Crippen molar-refractivity contribution in [2.24, 2.45) is 0 Å². The standard InChI is InChI=1S/C12H16N2O/c1-9(2)12(15)13-10-5-7-11(8-6-10)14(3)4/h5-8H,1H2,2-4H3,(H,13,15). The van der Waals surface area contributed by atoms with E-state index in [0.717, 1.165) is 11.4 Å². The Hall–Kier alpha value is -1.77. The van der Waals surface area contributed by atoms with Gasteiger partial charge in [-0.15, -0.1) is 0 Å². The lowest BCUT2D eigenvalue weighted by atomic mass is 10.2. The van der Waals surface area contributed by atoms with Crippen LogP contribution in [0.15, 0.2) is 36.4 Å². The minimum Gasteiger partial charge on any atom is -0.378 e. The molecule has 0 saturated heterocycles. The van der Waals surface area contributed by atoms with E-state index in [1.807, 2.05) is 43.3 Å². The largest absolute Gasteiger partial charge is 0.378 e. The molecule has 0 fully saturated rings. The lowest BCUT2D eigenvalue weighted by Gasteiger charge is -2.12. The van der Waals surface area contributed by atoms with Crippen molar-refractivity contribution in [1.29, 1.82) is 0 Å². The predicted molar refractivity (Wildman–Crippen MR) is 64.2 cm³/mol. The fraction of sp³-hybridized carbons (Fsp3) is 0.250. The lowest BCUT2D eigenvalue weighted by Crippen LogP contribution is -2.12. The number of carbonyl (C=O) groups is 1. The summed E-state index contributed by atoms with van der Waals surface area (Å²) in [7, 11) is 3.95. The third-order valence-corrected chi connectivity index (χ3v) is 2.03. The van der Waals surface area contributed by atoms with E-state index in [4.69, 9.17) is 0 Å². The molecule has 0 heterocycles. The number of benzene rings is 1. The van der Waals surface area contributed by atoms with Crippen LogP contribution in [0.3, 0.4) is 0 Å². The predicted octanol–water partition coefficient (Wildman–Crippen LogP) is 2.27. The zero-order valence-corrected chi connectivity index (χ0v) is 9.37. The number of nitrogens with zero attached hydrogens (tertiary/aromatic N) is 1. The molecular weight excluding hydrogens is 188 g/mol. The summed E-state index contributed by atoms with van der Waals surface area (Å²) in [6.07, 6.45) is 0. The van der Waals surface area contributed by atoms with Crippen LogP contribution in [0.25, 0.3) is 0 Å². The SMILES string of the molecule is C=C(C)C(=O)Nc1ccc(N(C)C)cc1. The molecule has 0 spiro atoms. The van der Waals surface area contributed by atoms with Crippen LogP contribution in [0.2, 0.25) is 0 Å². The minimum absolute atomic E-state index is 0.146. The molecule has 80 valence electrons. The molecule has 0 aliphatic carbocycles. The van der Waals surface area contributed by atoms with Crippen molar-refractivity contribution in [3.8, 4) is 0 Å². The molecule has 3 heteroatoms. The van der Waals surface area contributed by atoms with Gasteiger partial charge in [0.2, 0.25) is 0 Å². The molecule has 1 amide bonds. The summed E-state index contributed by atoms with van der Waals surface area (Å²) < 4.78 is 0. The van der Waals surface area contributed by atoms with Crippen LogP contribution in [0, 0.1) is 0 Å². The van der Waals surface area contributed by atoms with Gasteiger partial charge >= 0.3 is 0 Å². The summed E-state index contributed by atoms with van der Waals surface area (Å²) in [5, 5.41) is 2.75. The molecule has 0 aliphatic rings. The average Bonchev–Trinajstić information content (AvgIpc) is 2.18. The molecule has 0 bridgehead atoms. The maximum Gasteiger partial charge on any atom is 0.250 e. The normalized spacial score (nSPS) is 9.53. The van der Waals surface area contributed by atoms with Crippen molar-refractivity contribution in [1.82, 2.24) is 0 Å². The van der Waals surface area contributed by atoms with Crippen LogP contribution in [-0.2, 0) is 4.79 Å². The molecule has 1 N–H and O–H groups in total. The molecule has 0 radical (unpaired) electrons. The Morgan fingerprint density at radius 3 is 2.20 bits per heavy atom. The maximum absolute atomic E-state index is 11.3. The van der Waals surface area contributed by atoms with E-state index >= 15 is 0 Å². The third-order valence-electron chi connectivity index (χ3n) is 2.03. The van der Waals surface area contributed by atoms with Gasteiger partial charge in [-0.2, -0.15) is 0 Å². The summed E-state index contributed by atoms with van der Waals surface area (Å²) in [6, 6.07) is 7.65. The quantitative estimate of drug-likeness (QED) is 0.766. The van der Waals surface area contributed by atoms with E-state index in [2.05, 4.69) is 11.9 Å². The van der Waals surface area contributed by atoms with E-state index in [1.165, 1.54) is 0 Å². The Morgan fingerprint density at radius 1 is 1.27 bits per heavy atom. The first-order chi connectivity index (χ1) is 7.00. The van der Waals surface area contributed by atoms with Gasteiger partial charge in [0, 0.05) is 31.0 Å². The number of hydrogen-bond donors (Lipinski definition) is 1. The molecule has 0 unspecified atom stereocenters. The summed E-state index contributed by atoms with van der Waals surface area (Å²) in [6.45, 7) is 5.26. The summed E-state index contributed by atoms with van der Waals surface area (Å²) in [5.41, 5.74) is 2.39. The Bertz CT molecular complexity index is 366. The monoisotopic (exact) mass is 204 g/mol. The Morgan fingerprint density at radius 2 is 1.80 bits per heavy atom. The fourth-order valence-corrected chi connectivity index (χ4v) is 1.08. The van der Waals surface area contributed by atoms with Gasteiger partial charge in [-0.25, -0.2) is 0 Å². The van der Waals surface area contributed by atoms with Crippen molar-refractivity contribution in [2.45, 2.75) is 6.92 Å². The summed E-state index contributed by atoms with van der Waals surface area (Å²) >= 11 is 0. The second-order valence-electron chi connectivity index (χ2n) is 3.68. The summed E-state index contributed by atoms with van der Waals surface area (Å²) in [4.78, 5) is 13.3. The maximum atomic E-state index is 11.3. The van der Waals surface area contributed by atoms with Crippen LogP contribution in [-0.4, -0.2) is 20.0 Å². The first kappa shape index (κ1) is 11.3. The molecule has 1 aromatic carbocycles. The second-order valence-corrected chi connectivity index (χ2v) is 3.68. The molecule has 15 heavy (non-hydrogen) atoms. The van der Waals surface area contributed by atoms with Crippen LogP contribution in [0.4, 0.5) is 11.4 Å². The summed E-state index contributed by atoms with van der Waals surface area (Å²) in [5.74, 6) is -0.146. The van der Waals surface area contributed by atoms with Gasteiger partial charge in [-0.3, -0.25) is 4.79 Å². The van der Waals surface area contributed by atoms with Gasteiger partial charge < -0.3 is 10.2 Å².